The zero-order valence-electron chi connectivity index (χ0n) is 30.0. The van der Waals surface area contributed by atoms with Crippen LogP contribution < -0.4 is 21.3 Å². The number of thioether (sulfide) groups is 1. The number of para-hydroxylation sites is 1. The lowest BCUT2D eigenvalue weighted by atomic mass is 9.91. The van der Waals surface area contributed by atoms with Crippen molar-refractivity contribution in [2.75, 3.05) is 12.0 Å². The molecule has 0 fully saturated rings. The Hall–Kier alpha value is -4.16. The Labute approximate surface area is 300 Å². The highest BCUT2D eigenvalue weighted by Crippen LogP contribution is 2.19. The first kappa shape index (κ1) is 40.3. The number of carbonyl (C=O) groups excluding carboxylic acids is 4. The third-order valence-electron chi connectivity index (χ3n) is 8.43. The normalized spacial score (nSPS) is 14.3. The van der Waals surface area contributed by atoms with Gasteiger partial charge in [0.05, 0.1) is 17.7 Å². The van der Waals surface area contributed by atoms with E-state index in [-0.39, 0.29) is 36.7 Å². The molecule has 0 aliphatic rings. The lowest BCUT2D eigenvalue weighted by Crippen LogP contribution is -2.54. The summed E-state index contributed by atoms with van der Waals surface area (Å²) in [5.41, 5.74) is 2.53. The van der Waals surface area contributed by atoms with Crippen molar-refractivity contribution < 1.29 is 29.0 Å². The van der Waals surface area contributed by atoms with Gasteiger partial charge in [-0.05, 0) is 60.8 Å². The van der Waals surface area contributed by atoms with E-state index in [4.69, 9.17) is 4.74 Å². The van der Waals surface area contributed by atoms with Crippen LogP contribution in [0.1, 0.15) is 65.0 Å². The molecule has 0 aliphatic heterocycles. The second kappa shape index (κ2) is 20.5. The molecule has 0 radical (unpaired) electrons. The van der Waals surface area contributed by atoms with E-state index in [1.54, 1.807) is 30.9 Å². The fourth-order valence-corrected chi connectivity index (χ4v) is 6.05. The molecule has 12 heteroatoms. The van der Waals surface area contributed by atoms with Gasteiger partial charge in [0.1, 0.15) is 18.7 Å². The zero-order chi connectivity index (χ0) is 36.6. The number of aliphatic hydroxyl groups is 1. The largest absolute Gasteiger partial charge is 0.445 e. The van der Waals surface area contributed by atoms with Gasteiger partial charge in [0, 0.05) is 29.6 Å². The number of rotatable bonds is 19. The van der Waals surface area contributed by atoms with Crippen LogP contribution in [0.5, 0.6) is 0 Å². The molecular weight excluding hydrogens is 655 g/mol. The van der Waals surface area contributed by atoms with Gasteiger partial charge < -0.3 is 31.1 Å². The predicted octanol–water partition coefficient (Wildman–Crippen LogP) is 4.96. The van der Waals surface area contributed by atoms with Crippen LogP contribution in [0.25, 0.3) is 10.9 Å². The first-order chi connectivity index (χ1) is 23.9. The summed E-state index contributed by atoms with van der Waals surface area (Å²) in [6, 6.07) is 16.6. The van der Waals surface area contributed by atoms with Gasteiger partial charge in [-0.3, -0.25) is 19.4 Å². The standard InChI is InChI=1S/C38H53N5O6S/c1-24(2)20-32(33(44)21-26(5)35(45)43-34(25(3)4)37(47)40-22-27-12-8-7-9-13-27)41-36(46)31(17-19-50-6)42-38(48)49-23-28-16-18-39-30-15-11-10-14-29(28)30/h7-16,18,24-26,31-34,44H,17,19-23H2,1-6H3,(H,40,47)(H,41,46)(H,42,48)(H,43,45)/t26-,31+,32+,33+,34+/m1/s1. The van der Waals surface area contributed by atoms with Crippen LogP contribution in [0.4, 0.5) is 4.79 Å². The van der Waals surface area contributed by atoms with Gasteiger partial charge >= 0.3 is 6.09 Å². The van der Waals surface area contributed by atoms with Crippen LogP contribution in [0.15, 0.2) is 66.9 Å². The number of aromatic nitrogens is 1. The van der Waals surface area contributed by atoms with Crippen LogP contribution in [0.2, 0.25) is 0 Å². The summed E-state index contributed by atoms with van der Waals surface area (Å²) in [5.74, 6) is -1.18. The first-order valence-electron chi connectivity index (χ1n) is 17.2. The molecule has 5 atom stereocenters. The Morgan fingerprint density at radius 2 is 1.54 bits per heavy atom. The Morgan fingerprint density at radius 3 is 2.22 bits per heavy atom. The molecule has 0 spiro atoms. The van der Waals surface area contributed by atoms with E-state index < -0.39 is 42.1 Å². The van der Waals surface area contributed by atoms with Crippen LogP contribution in [-0.4, -0.2) is 70.1 Å². The van der Waals surface area contributed by atoms with Crippen molar-refractivity contribution in [1.29, 1.82) is 0 Å². The fourth-order valence-electron chi connectivity index (χ4n) is 5.58. The van der Waals surface area contributed by atoms with Crippen molar-refractivity contribution in [3.05, 3.63) is 78.0 Å². The maximum atomic E-state index is 13.6. The number of hydrogen-bond donors (Lipinski definition) is 5. The molecule has 0 aliphatic carbocycles. The summed E-state index contributed by atoms with van der Waals surface area (Å²) in [5, 5.41) is 23.6. The molecule has 272 valence electrons. The van der Waals surface area contributed by atoms with Crippen molar-refractivity contribution >= 4 is 46.5 Å². The van der Waals surface area contributed by atoms with E-state index >= 15 is 0 Å². The highest BCUT2D eigenvalue weighted by Gasteiger charge is 2.31. The van der Waals surface area contributed by atoms with E-state index in [9.17, 15) is 24.3 Å². The number of ether oxygens (including phenoxy) is 1. The molecule has 3 aromatic rings. The van der Waals surface area contributed by atoms with Gasteiger partial charge in [-0.25, -0.2) is 4.79 Å². The maximum Gasteiger partial charge on any atom is 0.408 e. The van der Waals surface area contributed by atoms with Crippen molar-refractivity contribution in [3.8, 4) is 0 Å². The number of nitrogens with zero attached hydrogens (tertiary/aromatic N) is 1. The highest BCUT2D eigenvalue weighted by molar-refractivity contribution is 7.98. The van der Waals surface area contributed by atoms with Crippen LogP contribution in [0.3, 0.4) is 0 Å². The Morgan fingerprint density at radius 1 is 0.840 bits per heavy atom. The second-order valence-electron chi connectivity index (χ2n) is 13.4. The van der Waals surface area contributed by atoms with E-state index in [0.717, 1.165) is 22.0 Å². The summed E-state index contributed by atoms with van der Waals surface area (Å²) in [4.78, 5) is 57.1. The monoisotopic (exact) mass is 707 g/mol. The summed E-state index contributed by atoms with van der Waals surface area (Å²) in [7, 11) is 0. The molecule has 0 unspecified atom stereocenters. The molecule has 4 amide bonds. The molecule has 3 rings (SSSR count). The van der Waals surface area contributed by atoms with E-state index in [0.29, 0.717) is 25.1 Å². The van der Waals surface area contributed by atoms with E-state index in [1.165, 1.54) is 0 Å². The molecule has 5 N–H and O–H groups in total. The number of alkyl carbamates (subject to hydrolysis) is 1. The molecule has 11 nitrogen and oxygen atoms in total. The molecule has 0 saturated carbocycles. The Balaban J connectivity index is 1.60. The SMILES string of the molecule is CSCC[C@H](NC(=O)OCc1ccnc2ccccc12)C(=O)N[C@@H](CC(C)C)[C@@H](O)C[C@@H](C)C(=O)N[C@H](C(=O)NCc1ccccc1)C(C)C. The van der Waals surface area contributed by atoms with Crippen molar-refractivity contribution in [3.63, 3.8) is 0 Å². The van der Waals surface area contributed by atoms with Crippen LogP contribution in [0, 0.1) is 17.8 Å². The van der Waals surface area contributed by atoms with Gasteiger partial charge in [-0.1, -0.05) is 83.1 Å². The van der Waals surface area contributed by atoms with Crippen LogP contribution >= 0.6 is 11.8 Å². The lowest BCUT2D eigenvalue weighted by molar-refractivity contribution is -0.132. The summed E-state index contributed by atoms with van der Waals surface area (Å²) in [6.45, 7) is 9.72. The summed E-state index contributed by atoms with van der Waals surface area (Å²) >= 11 is 1.54. The number of benzene rings is 2. The predicted molar refractivity (Wildman–Crippen MR) is 198 cm³/mol. The van der Waals surface area contributed by atoms with Crippen molar-refractivity contribution in [2.24, 2.45) is 17.8 Å². The zero-order valence-corrected chi connectivity index (χ0v) is 30.8. The molecule has 1 aromatic heterocycles. The lowest BCUT2D eigenvalue weighted by Gasteiger charge is -2.30. The molecule has 0 bridgehead atoms. The number of pyridine rings is 1. The Kier molecular flexibility index (Phi) is 16.5. The molecule has 0 saturated heterocycles. The highest BCUT2D eigenvalue weighted by atomic mass is 32.2. The minimum absolute atomic E-state index is 0.00667. The number of carbonyl (C=O) groups is 4. The molecular formula is C38H53N5O6S. The number of nitrogens with one attached hydrogen (secondary N) is 4. The van der Waals surface area contributed by atoms with Crippen molar-refractivity contribution in [2.45, 2.75) is 91.3 Å². The topological polar surface area (TPSA) is 159 Å². The maximum absolute atomic E-state index is 13.6. The molecule has 50 heavy (non-hydrogen) atoms. The third-order valence-corrected chi connectivity index (χ3v) is 9.08. The van der Waals surface area contributed by atoms with Crippen molar-refractivity contribution in [1.82, 2.24) is 26.3 Å². The second-order valence-corrected chi connectivity index (χ2v) is 14.4. The summed E-state index contributed by atoms with van der Waals surface area (Å²) in [6.07, 6.45) is 2.65. The average Bonchev–Trinajstić information content (AvgIpc) is 3.09. The fraction of sp³-hybridized carbons (Fsp3) is 0.500. The minimum atomic E-state index is -1.06. The number of amides is 4. The van der Waals surface area contributed by atoms with Gasteiger partial charge in [0.2, 0.25) is 17.7 Å². The average molecular weight is 708 g/mol. The van der Waals surface area contributed by atoms with Gasteiger partial charge in [-0.15, -0.1) is 0 Å². The third kappa shape index (κ3) is 12.9. The smallest absolute Gasteiger partial charge is 0.408 e. The molecule has 2 aromatic carbocycles. The van der Waals surface area contributed by atoms with Gasteiger partial charge in [0.25, 0.3) is 0 Å². The molecule has 1 heterocycles. The summed E-state index contributed by atoms with van der Waals surface area (Å²) < 4.78 is 5.51. The Bertz CT molecular complexity index is 1530. The van der Waals surface area contributed by atoms with E-state index in [2.05, 4.69) is 26.3 Å². The number of hydrogen-bond acceptors (Lipinski definition) is 8. The van der Waals surface area contributed by atoms with E-state index in [1.807, 2.05) is 88.5 Å². The number of aliphatic hydroxyl groups excluding tert-OH is 1. The van der Waals surface area contributed by atoms with Gasteiger partial charge in [0.15, 0.2) is 0 Å². The number of fused-ring (bicyclic) bond motifs is 1. The van der Waals surface area contributed by atoms with Gasteiger partial charge in [-0.2, -0.15) is 11.8 Å². The minimum Gasteiger partial charge on any atom is -0.445 e. The quantitative estimate of drug-likeness (QED) is 0.117. The van der Waals surface area contributed by atoms with Crippen LogP contribution in [-0.2, 0) is 32.3 Å². The first-order valence-corrected chi connectivity index (χ1v) is 18.6.